The van der Waals surface area contributed by atoms with Crippen molar-refractivity contribution >= 4 is 27.5 Å². The second kappa shape index (κ2) is 6.79. The number of carbonyl (C=O) groups is 1. The monoisotopic (exact) mass is 356 g/mol. The molecule has 1 aromatic rings. The minimum Gasteiger partial charge on any atom is -0.355 e. The molecule has 7 heteroatoms. The van der Waals surface area contributed by atoms with Crippen molar-refractivity contribution in [1.29, 1.82) is 0 Å². The van der Waals surface area contributed by atoms with Gasteiger partial charge in [0.25, 0.3) is 0 Å². The highest BCUT2D eigenvalue weighted by Crippen LogP contribution is 2.33. The molecule has 23 heavy (non-hydrogen) atoms. The van der Waals surface area contributed by atoms with E-state index in [0.717, 1.165) is 25.7 Å². The molecular weight excluding hydrogens is 336 g/mol. The van der Waals surface area contributed by atoms with E-state index in [1.165, 1.54) is 16.4 Å². The molecule has 126 valence electrons. The van der Waals surface area contributed by atoms with Crippen molar-refractivity contribution in [1.82, 2.24) is 9.62 Å². The molecule has 2 aliphatic rings. The van der Waals surface area contributed by atoms with Crippen LogP contribution < -0.4 is 5.32 Å². The van der Waals surface area contributed by atoms with Crippen molar-refractivity contribution in [3.63, 3.8) is 0 Å². The zero-order chi connectivity index (χ0) is 16.4. The SMILES string of the molecule is O=C1NCCCCC1N(CC1CC1)S(=O)(=O)c1ccc(Cl)cc1. The molecule has 1 aliphatic heterocycles. The highest BCUT2D eigenvalue weighted by atomic mass is 35.5. The molecule has 3 rings (SSSR count). The van der Waals surface area contributed by atoms with E-state index in [1.807, 2.05) is 0 Å². The van der Waals surface area contributed by atoms with Gasteiger partial charge in [-0.3, -0.25) is 4.79 Å². The number of hydrogen-bond acceptors (Lipinski definition) is 3. The van der Waals surface area contributed by atoms with Crippen LogP contribution in [0.2, 0.25) is 5.02 Å². The Morgan fingerprint density at radius 3 is 2.48 bits per heavy atom. The lowest BCUT2D eigenvalue weighted by Gasteiger charge is -2.29. The second-order valence-corrected chi connectivity index (χ2v) is 8.60. The summed E-state index contributed by atoms with van der Waals surface area (Å²) in [4.78, 5) is 12.5. The summed E-state index contributed by atoms with van der Waals surface area (Å²) in [6.45, 7) is 1.04. The Labute approximate surface area is 142 Å². The fraction of sp³-hybridized carbons (Fsp3) is 0.562. The van der Waals surface area contributed by atoms with Gasteiger partial charge in [0.1, 0.15) is 6.04 Å². The van der Waals surface area contributed by atoms with Gasteiger partial charge in [-0.1, -0.05) is 11.6 Å². The first-order chi connectivity index (χ1) is 11.0. The van der Waals surface area contributed by atoms with Gasteiger partial charge in [-0.05, 0) is 62.3 Å². The quantitative estimate of drug-likeness (QED) is 0.881. The van der Waals surface area contributed by atoms with Crippen LogP contribution in [0.4, 0.5) is 0 Å². The molecule has 1 aliphatic carbocycles. The van der Waals surface area contributed by atoms with Crippen molar-refractivity contribution in [2.75, 3.05) is 13.1 Å². The number of nitrogens with zero attached hydrogens (tertiary/aromatic N) is 1. The first kappa shape index (κ1) is 16.7. The zero-order valence-corrected chi connectivity index (χ0v) is 14.4. The van der Waals surface area contributed by atoms with Crippen LogP contribution in [0, 0.1) is 5.92 Å². The summed E-state index contributed by atoms with van der Waals surface area (Å²) in [7, 11) is -3.71. The van der Waals surface area contributed by atoms with Crippen LogP contribution >= 0.6 is 11.6 Å². The third kappa shape index (κ3) is 3.87. The molecule has 1 atom stereocenters. The summed E-state index contributed by atoms with van der Waals surface area (Å²) < 4.78 is 27.5. The number of carbonyl (C=O) groups excluding carboxylic acids is 1. The van der Waals surface area contributed by atoms with Crippen LogP contribution in [-0.4, -0.2) is 37.8 Å². The molecule has 1 saturated heterocycles. The maximum absolute atomic E-state index is 13.1. The summed E-state index contributed by atoms with van der Waals surface area (Å²) in [6.07, 6.45) is 4.37. The molecular formula is C16H21ClN2O3S. The van der Waals surface area contributed by atoms with Gasteiger partial charge in [0.2, 0.25) is 15.9 Å². The molecule has 1 heterocycles. The van der Waals surface area contributed by atoms with Crippen LogP contribution in [0.25, 0.3) is 0 Å². The van der Waals surface area contributed by atoms with Crippen LogP contribution in [0.15, 0.2) is 29.2 Å². The third-order valence-corrected chi connectivity index (χ3v) is 6.55. The third-order valence-electron chi connectivity index (χ3n) is 4.41. The van der Waals surface area contributed by atoms with Crippen molar-refractivity contribution in [3.8, 4) is 0 Å². The van der Waals surface area contributed by atoms with Crippen LogP contribution in [0.5, 0.6) is 0 Å². The summed E-state index contributed by atoms with van der Waals surface area (Å²) in [5.74, 6) is 0.189. The van der Waals surface area contributed by atoms with Crippen molar-refractivity contribution in [2.45, 2.75) is 43.0 Å². The zero-order valence-electron chi connectivity index (χ0n) is 12.9. The Kier molecular flexibility index (Phi) is 4.94. The van der Waals surface area contributed by atoms with Gasteiger partial charge in [0.05, 0.1) is 4.90 Å². The Balaban J connectivity index is 1.93. The van der Waals surface area contributed by atoms with Crippen molar-refractivity contribution in [2.24, 2.45) is 5.92 Å². The number of amides is 1. The predicted octanol–water partition coefficient (Wildman–Crippen LogP) is 2.41. The van der Waals surface area contributed by atoms with Crippen LogP contribution in [0.1, 0.15) is 32.1 Å². The van der Waals surface area contributed by atoms with E-state index < -0.39 is 16.1 Å². The van der Waals surface area contributed by atoms with E-state index in [0.29, 0.717) is 30.5 Å². The normalized spacial score (nSPS) is 22.7. The molecule has 2 fully saturated rings. The van der Waals surface area contributed by atoms with Crippen molar-refractivity contribution < 1.29 is 13.2 Å². The number of hydrogen-bond donors (Lipinski definition) is 1. The molecule has 5 nitrogen and oxygen atoms in total. The molecule has 1 unspecified atom stereocenters. The molecule has 0 spiro atoms. The average molecular weight is 357 g/mol. The van der Waals surface area contributed by atoms with E-state index in [4.69, 9.17) is 11.6 Å². The summed E-state index contributed by atoms with van der Waals surface area (Å²) >= 11 is 5.86. The lowest BCUT2D eigenvalue weighted by Crippen LogP contribution is -2.49. The summed E-state index contributed by atoms with van der Waals surface area (Å²) in [5.41, 5.74) is 0. The minimum atomic E-state index is -3.71. The molecule has 0 aromatic heterocycles. The summed E-state index contributed by atoms with van der Waals surface area (Å²) in [5, 5.41) is 3.33. The Morgan fingerprint density at radius 1 is 1.13 bits per heavy atom. The predicted molar refractivity (Wildman–Crippen MR) is 88.7 cm³/mol. The highest BCUT2D eigenvalue weighted by Gasteiger charge is 2.39. The van der Waals surface area contributed by atoms with E-state index in [2.05, 4.69) is 5.32 Å². The molecule has 0 radical (unpaired) electrons. The number of halogens is 1. The Bertz CT molecular complexity index is 671. The Morgan fingerprint density at radius 2 is 1.83 bits per heavy atom. The molecule has 1 aromatic carbocycles. The topological polar surface area (TPSA) is 66.5 Å². The molecule has 1 amide bonds. The van der Waals surface area contributed by atoms with Crippen LogP contribution in [-0.2, 0) is 14.8 Å². The molecule has 1 saturated carbocycles. The maximum Gasteiger partial charge on any atom is 0.243 e. The number of rotatable bonds is 5. The average Bonchev–Trinajstić information content (AvgIpc) is 3.34. The second-order valence-electron chi connectivity index (χ2n) is 6.27. The first-order valence-corrected chi connectivity index (χ1v) is 9.85. The van der Waals surface area contributed by atoms with Gasteiger partial charge in [-0.15, -0.1) is 0 Å². The molecule has 1 N–H and O–H groups in total. The highest BCUT2D eigenvalue weighted by molar-refractivity contribution is 7.89. The van der Waals surface area contributed by atoms with Gasteiger partial charge in [0, 0.05) is 18.1 Å². The Hall–Kier alpha value is -1.11. The lowest BCUT2D eigenvalue weighted by molar-refractivity contribution is -0.124. The largest absolute Gasteiger partial charge is 0.355 e. The summed E-state index contributed by atoms with van der Waals surface area (Å²) in [6, 6.07) is 5.53. The van der Waals surface area contributed by atoms with E-state index in [-0.39, 0.29) is 10.8 Å². The van der Waals surface area contributed by atoms with Gasteiger partial charge >= 0.3 is 0 Å². The van der Waals surface area contributed by atoms with Gasteiger partial charge in [-0.25, -0.2) is 8.42 Å². The maximum atomic E-state index is 13.1. The minimum absolute atomic E-state index is 0.180. The number of nitrogens with one attached hydrogen (secondary N) is 1. The number of benzene rings is 1. The first-order valence-electron chi connectivity index (χ1n) is 8.03. The standard InChI is InChI=1S/C16H21ClN2O3S/c17-13-6-8-14(9-7-13)23(21,22)19(11-12-4-5-12)15-3-1-2-10-18-16(15)20/h6-9,12,15H,1-5,10-11H2,(H,18,20). The van der Waals surface area contributed by atoms with Gasteiger partial charge in [-0.2, -0.15) is 4.31 Å². The fourth-order valence-corrected chi connectivity index (χ4v) is 4.71. The smallest absolute Gasteiger partial charge is 0.243 e. The lowest BCUT2D eigenvalue weighted by atomic mass is 10.1. The molecule has 0 bridgehead atoms. The fourth-order valence-electron chi connectivity index (χ4n) is 2.89. The van der Waals surface area contributed by atoms with E-state index in [1.54, 1.807) is 12.1 Å². The van der Waals surface area contributed by atoms with E-state index in [9.17, 15) is 13.2 Å². The van der Waals surface area contributed by atoms with Crippen molar-refractivity contribution in [3.05, 3.63) is 29.3 Å². The van der Waals surface area contributed by atoms with E-state index >= 15 is 0 Å². The van der Waals surface area contributed by atoms with Gasteiger partial charge in [0.15, 0.2) is 0 Å². The van der Waals surface area contributed by atoms with Crippen LogP contribution in [0.3, 0.4) is 0 Å². The number of sulfonamides is 1. The van der Waals surface area contributed by atoms with Gasteiger partial charge < -0.3 is 5.32 Å².